The van der Waals surface area contributed by atoms with Gasteiger partial charge in [0.2, 0.25) is 0 Å². The largest absolute Gasteiger partial charge is 0.463 e. The van der Waals surface area contributed by atoms with E-state index in [1.807, 2.05) is 0 Å². The molecule has 13 heavy (non-hydrogen) atoms. The molecule has 0 spiro atoms. The van der Waals surface area contributed by atoms with Crippen molar-refractivity contribution in [2.45, 2.75) is 20.0 Å². The van der Waals surface area contributed by atoms with Crippen molar-refractivity contribution in [2.75, 3.05) is 6.61 Å². The molecule has 0 fully saturated rings. The molecule has 0 aliphatic rings. The Kier molecular flexibility index (Phi) is 3.70. The number of aromatic nitrogens is 1. The van der Waals surface area contributed by atoms with Gasteiger partial charge in [-0.15, -0.1) is 0 Å². The first-order valence-electron chi connectivity index (χ1n) is 3.96. The molecule has 5 heteroatoms. The van der Waals surface area contributed by atoms with Crippen LogP contribution in [-0.4, -0.2) is 23.7 Å². The second-order valence-corrected chi connectivity index (χ2v) is 3.17. The standard InChI is InChI=1S/C8H11NO3S/c1-3-11-7(10)6(2)12-8-9-4-5-13-8/h4-6H,3H2,1-2H3. The number of hydrogen-bond acceptors (Lipinski definition) is 5. The van der Waals surface area contributed by atoms with Crippen molar-refractivity contribution in [3.05, 3.63) is 11.6 Å². The maximum absolute atomic E-state index is 11.1. The van der Waals surface area contributed by atoms with Crippen LogP contribution in [0, 0.1) is 0 Å². The summed E-state index contributed by atoms with van der Waals surface area (Å²) in [5.74, 6) is -0.363. The molecule has 0 aromatic carbocycles. The van der Waals surface area contributed by atoms with E-state index in [0.29, 0.717) is 11.8 Å². The van der Waals surface area contributed by atoms with Gasteiger partial charge in [-0.1, -0.05) is 11.3 Å². The van der Waals surface area contributed by atoms with Gasteiger partial charge in [-0.3, -0.25) is 0 Å². The zero-order valence-electron chi connectivity index (χ0n) is 7.52. The third-order valence-corrected chi connectivity index (χ3v) is 1.97. The molecule has 1 heterocycles. The van der Waals surface area contributed by atoms with Crippen LogP contribution >= 0.6 is 11.3 Å². The predicted molar refractivity (Wildman–Crippen MR) is 48.8 cm³/mol. The van der Waals surface area contributed by atoms with Gasteiger partial charge in [0.15, 0.2) is 6.10 Å². The molecule has 1 rings (SSSR count). The van der Waals surface area contributed by atoms with Crippen molar-refractivity contribution in [3.63, 3.8) is 0 Å². The molecule has 0 radical (unpaired) electrons. The highest BCUT2D eigenvalue weighted by atomic mass is 32.1. The van der Waals surface area contributed by atoms with Gasteiger partial charge >= 0.3 is 5.97 Å². The van der Waals surface area contributed by atoms with E-state index in [0.717, 1.165) is 0 Å². The molecule has 1 aromatic rings. The van der Waals surface area contributed by atoms with Crippen LogP contribution in [0.25, 0.3) is 0 Å². The van der Waals surface area contributed by atoms with Gasteiger partial charge in [-0.2, -0.15) is 0 Å². The number of hydrogen-bond donors (Lipinski definition) is 0. The van der Waals surface area contributed by atoms with Crippen molar-refractivity contribution >= 4 is 17.3 Å². The molecule has 72 valence electrons. The minimum absolute atomic E-state index is 0.363. The van der Waals surface area contributed by atoms with Crippen LogP contribution in [0.2, 0.25) is 0 Å². The average molecular weight is 201 g/mol. The lowest BCUT2D eigenvalue weighted by atomic mass is 10.4. The molecule has 0 aliphatic heterocycles. The van der Waals surface area contributed by atoms with Crippen LogP contribution in [-0.2, 0) is 9.53 Å². The Balaban J connectivity index is 2.41. The Morgan fingerprint density at radius 3 is 3.08 bits per heavy atom. The second-order valence-electron chi connectivity index (χ2n) is 2.31. The number of ether oxygens (including phenoxy) is 2. The molecule has 0 bridgehead atoms. The minimum atomic E-state index is -0.592. The summed E-state index contributed by atoms with van der Waals surface area (Å²) in [4.78, 5) is 15.0. The van der Waals surface area contributed by atoms with E-state index < -0.39 is 6.10 Å². The van der Waals surface area contributed by atoms with Gasteiger partial charge < -0.3 is 9.47 Å². The summed E-state index contributed by atoms with van der Waals surface area (Å²) in [6, 6.07) is 0. The van der Waals surface area contributed by atoms with Crippen LogP contribution in [0.5, 0.6) is 5.19 Å². The molecule has 0 saturated carbocycles. The van der Waals surface area contributed by atoms with E-state index in [4.69, 9.17) is 9.47 Å². The Morgan fingerprint density at radius 2 is 2.54 bits per heavy atom. The molecule has 0 aliphatic carbocycles. The zero-order valence-corrected chi connectivity index (χ0v) is 8.34. The molecule has 1 atom stereocenters. The number of carbonyl (C=O) groups excluding carboxylic acids is 1. The second kappa shape index (κ2) is 4.81. The van der Waals surface area contributed by atoms with Crippen LogP contribution in [0.3, 0.4) is 0 Å². The van der Waals surface area contributed by atoms with Gasteiger partial charge in [0.1, 0.15) is 0 Å². The highest BCUT2D eigenvalue weighted by Crippen LogP contribution is 2.15. The smallest absolute Gasteiger partial charge is 0.347 e. The van der Waals surface area contributed by atoms with Gasteiger partial charge in [-0.25, -0.2) is 9.78 Å². The van der Waals surface area contributed by atoms with Crippen molar-refractivity contribution < 1.29 is 14.3 Å². The molecule has 0 saturated heterocycles. The average Bonchev–Trinajstić information content (AvgIpc) is 2.57. The monoisotopic (exact) mass is 201 g/mol. The van der Waals surface area contributed by atoms with Crippen molar-refractivity contribution in [2.24, 2.45) is 0 Å². The molecule has 4 nitrogen and oxygen atoms in total. The van der Waals surface area contributed by atoms with E-state index in [1.54, 1.807) is 25.4 Å². The Hall–Kier alpha value is -1.10. The summed E-state index contributed by atoms with van der Waals surface area (Å²) in [6.07, 6.45) is 1.03. The van der Waals surface area contributed by atoms with Crippen LogP contribution < -0.4 is 4.74 Å². The summed E-state index contributed by atoms with van der Waals surface area (Å²) in [5, 5.41) is 2.27. The van der Waals surface area contributed by atoms with Gasteiger partial charge in [-0.05, 0) is 13.8 Å². The Morgan fingerprint density at radius 1 is 1.77 bits per heavy atom. The summed E-state index contributed by atoms with van der Waals surface area (Å²) in [6.45, 7) is 3.76. The normalized spacial score (nSPS) is 12.2. The number of rotatable bonds is 4. The van der Waals surface area contributed by atoms with Crippen LogP contribution in [0.1, 0.15) is 13.8 Å². The summed E-state index contributed by atoms with van der Waals surface area (Å²) >= 11 is 1.35. The third kappa shape index (κ3) is 3.02. The van der Waals surface area contributed by atoms with E-state index in [9.17, 15) is 4.79 Å². The molecular formula is C8H11NO3S. The number of carbonyl (C=O) groups is 1. The van der Waals surface area contributed by atoms with E-state index >= 15 is 0 Å². The lowest BCUT2D eigenvalue weighted by molar-refractivity contribution is -0.150. The third-order valence-electron chi connectivity index (χ3n) is 1.31. The lowest BCUT2D eigenvalue weighted by Gasteiger charge is -2.09. The van der Waals surface area contributed by atoms with Gasteiger partial charge in [0, 0.05) is 11.6 Å². The number of esters is 1. The van der Waals surface area contributed by atoms with Crippen molar-refractivity contribution in [1.29, 1.82) is 0 Å². The van der Waals surface area contributed by atoms with E-state index in [-0.39, 0.29) is 5.97 Å². The Labute approximate surface area is 80.5 Å². The molecule has 0 N–H and O–H groups in total. The van der Waals surface area contributed by atoms with Gasteiger partial charge in [0.05, 0.1) is 6.61 Å². The summed E-state index contributed by atoms with van der Waals surface area (Å²) < 4.78 is 9.97. The van der Waals surface area contributed by atoms with Crippen molar-refractivity contribution in [3.8, 4) is 5.19 Å². The van der Waals surface area contributed by atoms with Crippen molar-refractivity contribution in [1.82, 2.24) is 4.98 Å². The van der Waals surface area contributed by atoms with E-state index in [1.165, 1.54) is 11.3 Å². The predicted octanol–water partition coefficient (Wildman–Crippen LogP) is 1.47. The fourth-order valence-electron chi connectivity index (χ4n) is 0.728. The quantitative estimate of drug-likeness (QED) is 0.692. The highest BCUT2D eigenvalue weighted by molar-refractivity contribution is 7.11. The molecular weight excluding hydrogens is 190 g/mol. The van der Waals surface area contributed by atoms with Crippen LogP contribution in [0.15, 0.2) is 11.6 Å². The minimum Gasteiger partial charge on any atom is -0.463 e. The number of thiazole rings is 1. The first-order chi connectivity index (χ1) is 6.24. The molecule has 1 aromatic heterocycles. The fourth-order valence-corrected chi connectivity index (χ4v) is 1.29. The fraction of sp³-hybridized carbons (Fsp3) is 0.500. The zero-order chi connectivity index (χ0) is 9.68. The van der Waals surface area contributed by atoms with Gasteiger partial charge in [0.25, 0.3) is 5.19 Å². The first kappa shape index (κ1) is 9.98. The highest BCUT2D eigenvalue weighted by Gasteiger charge is 2.16. The Bertz CT molecular complexity index is 260. The topological polar surface area (TPSA) is 48.4 Å². The summed E-state index contributed by atoms with van der Waals surface area (Å²) in [7, 11) is 0. The summed E-state index contributed by atoms with van der Waals surface area (Å²) in [5.41, 5.74) is 0. The molecule has 1 unspecified atom stereocenters. The maximum atomic E-state index is 11.1. The SMILES string of the molecule is CCOC(=O)C(C)Oc1nccs1. The van der Waals surface area contributed by atoms with E-state index in [2.05, 4.69) is 4.98 Å². The molecule has 0 amide bonds. The van der Waals surface area contributed by atoms with Crippen LogP contribution in [0.4, 0.5) is 0 Å². The number of nitrogens with zero attached hydrogens (tertiary/aromatic N) is 1. The lowest BCUT2D eigenvalue weighted by Crippen LogP contribution is -2.25. The maximum Gasteiger partial charge on any atom is 0.347 e. The first-order valence-corrected chi connectivity index (χ1v) is 4.84.